The van der Waals surface area contributed by atoms with Gasteiger partial charge in [-0.3, -0.25) is 9.36 Å². The summed E-state index contributed by atoms with van der Waals surface area (Å²) in [4.78, 5) is 16.1. The molecule has 0 bridgehead atoms. The molecule has 0 atom stereocenters. The number of carbonyl (C=O) groups is 1. The number of nitrogens with zero attached hydrogens (tertiary/aromatic N) is 2. The van der Waals surface area contributed by atoms with Crippen LogP contribution in [-0.4, -0.2) is 27.2 Å². The number of imidazole rings is 1. The number of benzene rings is 2. The summed E-state index contributed by atoms with van der Waals surface area (Å²) in [7, 11) is 0. The van der Waals surface area contributed by atoms with Crippen molar-refractivity contribution in [2.75, 3.05) is 6.61 Å². The van der Waals surface area contributed by atoms with Gasteiger partial charge in [0.05, 0.1) is 18.5 Å². The second-order valence-electron chi connectivity index (χ2n) is 7.15. The molecule has 0 radical (unpaired) electrons. The van der Waals surface area contributed by atoms with Gasteiger partial charge in [-0.15, -0.1) is 0 Å². The highest BCUT2D eigenvalue weighted by atomic mass is 16.5. The van der Waals surface area contributed by atoms with Crippen molar-refractivity contribution in [3.05, 3.63) is 66.1 Å². The molecule has 0 saturated heterocycles. The molecule has 0 unspecified atom stereocenters. The fourth-order valence-electron chi connectivity index (χ4n) is 3.38. The standard InChI is InChI=1S/C24H28N2O3/c1-3-29-24(28)11-6-4-5-10-23-25-17-22(19-8-7-9-21(27)16-19)26(23)20-14-12-18(2)13-15-20/h7-9,12-17,27H,3-6,10-11H2,1-2H3. The van der Waals surface area contributed by atoms with Gasteiger partial charge in [0.1, 0.15) is 11.6 Å². The molecule has 3 aromatic rings. The lowest BCUT2D eigenvalue weighted by atomic mass is 10.1. The Labute approximate surface area is 172 Å². The van der Waals surface area contributed by atoms with E-state index in [9.17, 15) is 9.90 Å². The summed E-state index contributed by atoms with van der Waals surface area (Å²) in [6.07, 6.45) is 5.86. The quantitative estimate of drug-likeness (QED) is 0.401. The SMILES string of the molecule is CCOC(=O)CCCCCc1ncc(-c2cccc(O)c2)n1-c1ccc(C)cc1. The van der Waals surface area contributed by atoms with Crippen LogP contribution in [0.5, 0.6) is 5.75 Å². The van der Waals surface area contributed by atoms with Crippen molar-refractivity contribution < 1.29 is 14.6 Å². The molecule has 0 aliphatic rings. The van der Waals surface area contributed by atoms with E-state index in [-0.39, 0.29) is 11.7 Å². The van der Waals surface area contributed by atoms with Crippen LogP contribution in [0.4, 0.5) is 0 Å². The van der Waals surface area contributed by atoms with Crippen LogP contribution in [0, 0.1) is 6.92 Å². The Morgan fingerprint density at radius 1 is 1.10 bits per heavy atom. The van der Waals surface area contributed by atoms with Crippen LogP contribution in [0.3, 0.4) is 0 Å². The predicted molar refractivity (Wildman–Crippen MR) is 114 cm³/mol. The third-order valence-corrected chi connectivity index (χ3v) is 4.86. The van der Waals surface area contributed by atoms with Gasteiger partial charge >= 0.3 is 5.97 Å². The molecule has 0 aliphatic heterocycles. The Hall–Kier alpha value is -3.08. The first-order valence-electron chi connectivity index (χ1n) is 10.2. The fourth-order valence-corrected chi connectivity index (χ4v) is 3.38. The van der Waals surface area contributed by atoms with Gasteiger partial charge in [0.15, 0.2) is 0 Å². The second-order valence-corrected chi connectivity index (χ2v) is 7.15. The number of aromatic nitrogens is 2. The lowest BCUT2D eigenvalue weighted by molar-refractivity contribution is -0.143. The summed E-state index contributed by atoms with van der Waals surface area (Å²) in [6, 6.07) is 15.6. The Morgan fingerprint density at radius 2 is 1.90 bits per heavy atom. The van der Waals surface area contributed by atoms with Gasteiger partial charge in [0, 0.05) is 24.1 Å². The molecular weight excluding hydrogens is 364 g/mol. The zero-order valence-corrected chi connectivity index (χ0v) is 17.1. The van der Waals surface area contributed by atoms with E-state index in [4.69, 9.17) is 4.74 Å². The molecule has 152 valence electrons. The highest BCUT2D eigenvalue weighted by molar-refractivity contribution is 5.69. The maximum Gasteiger partial charge on any atom is 0.305 e. The third kappa shape index (κ3) is 5.47. The van der Waals surface area contributed by atoms with Crippen molar-refractivity contribution in [3.63, 3.8) is 0 Å². The molecule has 5 heteroatoms. The van der Waals surface area contributed by atoms with Crippen LogP contribution in [0.1, 0.15) is 44.0 Å². The first kappa shape index (κ1) is 20.6. The average molecular weight is 392 g/mol. The van der Waals surface area contributed by atoms with Crippen molar-refractivity contribution in [1.29, 1.82) is 0 Å². The second kappa shape index (κ2) is 9.92. The Balaban J connectivity index is 1.78. The number of carbonyl (C=O) groups excluding carboxylic acids is 1. The number of unbranched alkanes of at least 4 members (excludes halogenated alkanes) is 2. The van der Waals surface area contributed by atoms with Gasteiger partial charge in [-0.05, 0) is 51.0 Å². The first-order chi connectivity index (χ1) is 14.1. The van der Waals surface area contributed by atoms with E-state index in [2.05, 4.69) is 40.7 Å². The fraction of sp³-hybridized carbons (Fsp3) is 0.333. The highest BCUT2D eigenvalue weighted by Crippen LogP contribution is 2.28. The molecule has 1 N–H and O–H groups in total. The number of phenolic OH excluding ortho intramolecular Hbond substituents is 1. The normalized spacial score (nSPS) is 10.8. The number of phenols is 1. The van der Waals surface area contributed by atoms with E-state index in [0.29, 0.717) is 13.0 Å². The Morgan fingerprint density at radius 3 is 2.62 bits per heavy atom. The maximum atomic E-state index is 11.5. The molecule has 0 spiro atoms. The van der Waals surface area contributed by atoms with Gasteiger partial charge in [-0.2, -0.15) is 0 Å². The minimum absolute atomic E-state index is 0.125. The van der Waals surface area contributed by atoms with Crippen LogP contribution in [0.2, 0.25) is 0 Å². The van der Waals surface area contributed by atoms with Crippen LogP contribution in [0.25, 0.3) is 16.9 Å². The lowest BCUT2D eigenvalue weighted by Gasteiger charge is -2.13. The lowest BCUT2D eigenvalue weighted by Crippen LogP contribution is -2.05. The van der Waals surface area contributed by atoms with Crippen molar-refractivity contribution in [2.45, 2.75) is 46.0 Å². The zero-order chi connectivity index (χ0) is 20.6. The maximum absolute atomic E-state index is 11.5. The molecule has 5 nitrogen and oxygen atoms in total. The van der Waals surface area contributed by atoms with Gasteiger partial charge < -0.3 is 9.84 Å². The van der Waals surface area contributed by atoms with Crippen molar-refractivity contribution in [2.24, 2.45) is 0 Å². The van der Waals surface area contributed by atoms with E-state index in [0.717, 1.165) is 48.5 Å². The third-order valence-electron chi connectivity index (χ3n) is 4.86. The van der Waals surface area contributed by atoms with E-state index in [1.165, 1.54) is 5.56 Å². The van der Waals surface area contributed by atoms with E-state index in [1.807, 2.05) is 25.3 Å². The minimum atomic E-state index is -0.125. The molecular formula is C24H28N2O3. The number of rotatable bonds is 9. The molecule has 3 rings (SSSR count). The number of hydrogen-bond donors (Lipinski definition) is 1. The zero-order valence-electron chi connectivity index (χ0n) is 17.1. The summed E-state index contributed by atoms with van der Waals surface area (Å²) in [5.74, 6) is 1.09. The molecule has 0 aliphatic carbocycles. The summed E-state index contributed by atoms with van der Waals surface area (Å²) in [6.45, 7) is 4.33. The molecule has 1 heterocycles. The monoisotopic (exact) mass is 392 g/mol. The minimum Gasteiger partial charge on any atom is -0.508 e. The van der Waals surface area contributed by atoms with Crippen molar-refractivity contribution in [3.8, 4) is 22.7 Å². The number of esters is 1. The molecule has 0 fully saturated rings. The topological polar surface area (TPSA) is 64.3 Å². The van der Waals surface area contributed by atoms with Crippen molar-refractivity contribution >= 4 is 5.97 Å². The first-order valence-corrected chi connectivity index (χ1v) is 10.2. The Bertz CT molecular complexity index is 945. The van der Waals surface area contributed by atoms with Gasteiger partial charge in [0.2, 0.25) is 0 Å². The molecule has 2 aromatic carbocycles. The number of hydrogen-bond acceptors (Lipinski definition) is 4. The number of aromatic hydroxyl groups is 1. The van der Waals surface area contributed by atoms with Crippen LogP contribution < -0.4 is 0 Å². The smallest absolute Gasteiger partial charge is 0.305 e. The molecule has 29 heavy (non-hydrogen) atoms. The highest BCUT2D eigenvalue weighted by Gasteiger charge is 2.14. The summed E-state index contributed by atoms with van der Waals surface area (Å²) < 4.78 is 7.13. The summed E-state index contributed by atoms with van der Waals surface area (Å²) >= 11 is 0. The Kier molecular flexibility index (Phi) is 7.06. The number of aryl methyl sites for hydroxylation is 2. The largest absolute Gasteiger partial charge is 0.508 e. The molecule has 0 saturated carbocycles. The van der Waals surface area contributed by atoms with Gasteiger partial charge in [-0.25, -0.2) is 4.98 Å². The van der Waals surface area contributed by atoms with E-state index >= 15 is 0 Å². The molecule has 0 amide bonds. The van der Waals surface area contributed by atoms with Crippen LogP contribution in [-0.2, 0) is 16.0 Å². The predicted octanol–water partition coefficient (Wildman–Crippen LogP) is 5.22. The van der Waals surface area contributed by atoms with Crippen LogP contribution in [0.15, 0.2) is 54.7 Å². The molecule has 1 aromatic heterocycles. The average Bonchev–Trinajstić information content (AvgIpc) is 3.12. The van der Waals surface area contributed by atoms with Crippen LogP contribution >= 0.6 is 0 Å². The van der Waals surface area contributed by atoms with E-state index in [1.54, 1.807) is 12.1 Å². The summed E-state index contributed by atoms with van der Waals surface area (Å²) in [5, 5.41) is 9.90. The van der Waals surface area contributed by atoms with Gasteiger partial charge in [0.25, 0.3) is 0 Å². The number of ether oxygens (including phenoxy) is 1. The summed E-state index contributed by atoms with van der Waals surface area (Å²) in [5.41, 5.74) is 4.12. The van der Waals surface area contributed by atoms with Gasteiger partial charge in [-0.1, -0.05) is 36.2 Å². The van der Waals surface area contributed by atoms with Crippen molar-refractivity contribution in [1.82, 2.24) is 9.55 Å². The van der Waals surface area contributed by atoms with E-state index < -0.39 is 0 Å².